The second-order valence-corrected chi connectivity index (χ2v) is 7.41. The molecular weight excluding hydrogens is 266 g/mol. The number of fused-ring (bicyclic) bond motifs is 1. The van der Waals surface area contributed by atoms with Crippen LogP contribution in [-0.4, -0.2) is 18.0 Å². The second-order valence-electron chi connectivity index (χ2n) is 7.41. The zero-order valence-corrected chi connectivity index (χ0v) is 14.6. The Morgan fingerprint density at radius 2 is 1.73 bits per heavy atom. The standard InChI is InChI=1S/C21H29N/c1-6-10-19(15-21(2,3)4)22(5)16-18-13-9-12-17-11-7-8-14-20(17)18/h6-14,19H,15-16H2,1-5H3/b10-6+. The van der Waals surface area contributed by atoms with Crippen LogP contribution < -0.4 is 0 Å². The van der Waals surface area contributed by atoms with Crippen molar-refractivity contribution in [1.29, 1.82) is 0 Å². The first kappa shape index (κ1) is 16.8. The van der Waals surface area contributed by atoms with Crippen LogP contribution in [0.1, 0.15) is 39.7 Å². The minimum Gasteiger partial charge on any atom is -0.296 e. The molecule has 118 valence electrons. The Labute approximate surface area is 135 Å². The number of hydrogen-bond donors (Lipinski definition) is 0. The number of benzene rings is 2. The van der Waals surface area contributed by atoms with Crippen LogP contribution >= 0.6 is 0 Å². The third-order valence-corrected chi connectivity index (χ3v) is 4.10. The van der Waals surface area contributed by atoms with Crippen LogP contribution in [0.5, 0.6) is 0 Å². The average Bonchev–Trinajstić information content (AvgIpc) is 2.46. The molecule has 0 radical (unpaired) electrons. The first-order valence-corrected chi connectivity index (χ1v) is 8.20. The van der Waals surface area contributed by atoms with E-state index in [1.54, 1.807) is 0 Å². The summed E-state index contributed by atoms with van der Waals surface area (Å²) in [6.45, 7) is 10.0. The summed E-state index contributed by atoms with van der Waals surface area (Å²) in [6, 6.07) is 15.7. The summed E-state index contributed by atoms with van der Waals surface area (Å²) in [5, 5.41) is 2.69. The van der Waals surface area contributed by atoms with E-state index >= 15 is 0 Å². The van der Waals surface area contributed by atoms with Gasteiger partial charge in [0.25, 0.3) is 0 Å². The van der Waals surface area contributed by atoms with Crippen molar-refractivity contribution < 1.29 is 0 Å². The Balaban J connectivity index is 2.23. The number of allylic oxidation sites excluding steroid dienone is 1. The summed E-state index contributed by atoms with van der Waals surface area (Å²) < 4.78 is 0. The van der Waals surface area contributed by atoms with Crippen LogP contribution in [-0.2, 0) is 6.54 Å². The third kappa shape index (κ3) is 4.45. The molecule has 0 heterocycles. The fraction of sp³-hybridized carbons (Fsp3) is 0.429. The van der Waals surface area contributed by atoms with E-state index in [2.05, 4.69) is 94.3 Å². The van der Waals surface area contributed by atoms with E-state index in [1.807, 2.05) is 0 Å². The van der Waals surface area contributed by atoms with Crippen molar-refractivity contribution in [3.63, 3.8) is 0 Å². The largest absolute Gasteiger partial charge is 0.296 e. The molecule has 0 saturated heterocycles. The zero-order chi connectivity index (χ0) is 16.2. The highest BCUT2D eigenvalue weighted by Crippen LogP contribution is 2.26. The molecule has 0 aromatic heterocycles. The highest BCUT2D eigenvalue weighted by atomic mass is 15.1. The van der Waals surface area contributed by atoms with Crippen LogP contribution in [0.25, 0.3) is 10.8 Å². The molecule has 0 aliphatic rings. The molecule has 0 aliphatic carbocycles. The van der Waals surface area contributed by atoms with Crippen molar-refractivity contribution in [3.05, 3.63) is 60.2 Å². The lowest BCUT2D eigenvalue weighted by Crippen LogP contribution is -2.33. The van der Waals surface area contributed by atoms with Crippen molar-refractivity contribution in [1.82, 2.24) is 4.90 Å². The van der Waals surface area contributed by atoms with Crippen LogP contribution in [0.2, 0.25) is 0 Å². The highest BCUT2D eigenvalue weighted by molar-refractivity contribution is 5.85. The molecular formula is C21H29N. The molecule has 0 saturated carbocycles. The Kier molecular flexibility index (Phi) is 5.42. The predicted octanol–water partition coefficient (Wildman–Crippen LogP) is 5.65. The maximum atomic E-state index is 2.47. The zero-order valence-electron chi connectivity index (χ0n) is 14.6. The van der Waals surface area contributed by atoms with Gasteiger partial charge in [0, 0.05) is 12.6 Å². The van der Waals surface area contributed by atoms with Gasteiger partial charge in [0.15, 0.2) is 0 Å². The van der Waals surface area contributed by atoms with E-state index in [0.717, 1.165) is 6.54 Å². The molecule has 1 atom stereocenters. The average molecular weight is 295 g/mol. The van der Waals surface area contributed by atoms with Gasteiger partial charge in [0.2, 0.25) is 0 Å². The van der Waals surface area contributed by atoms with Gasteiger partial charge in [0.05, 0.1) is 0 Å². The third-order valence-electron chi connectivity index (χ3n) is 4.10. The van der Waals surface area contributed by atoms with Crippen molar-refractivity contribution in [3.8, 4) is 0 Å². The molecule has 0 bridgehead atoms. The fourth-order valence-corrected chi connectivity index (χ4v) is 3.04. The Bertz CT molecular complexity index is 628. The molecule has 22 heavy (non-hydrogen) atoms. The molecule has 0 spiro atoms. The summed E-state index contributed by atoms with van der Waals surface area (Å²) in [6.07, 6.45) is 5.67. The summed E-state index contributed by atoms with van der Waals surface area (Å²) >= 11 is 0. The van der Waals surface area contributed by atoms with Crippen LogP contribution in [0.15, 0.2) is 54.6 Å². The lowest BCUT2D eigenvalue weighted by molar-refractivity contribution is 0.207. The Morgan fingerprint density at radius 1 is 1.05 bits per heavy atom. The summed E-state index contributed by atoms with van der Waals surface area (Å²) in [5.74, 6) is 0. The quantitative estimate of drug-likeness (QED) is 0.644. The van der Waals surface area contributed by atoms with Gasteiger partial charge < -0.3 is 0 Å². The Hall–Kier alpha value is -1.60. The lowest BCUT2D eigenvalue weighted by atomic mass is 9.87. The maximum Gasteiger partial charge on any atom is 0.0283 e. The lowest BCUT2D eigenvalue weighted by Gasteiger charge is -2.31. The summed E-state index contributed by atoms with van der Waals surface area (Å²) in [5.41, 5.74) is 1.74. The van der Waals surface area contributed by atoms with Gasteiger partial charge in [-0.15, -0.1) is 0 Å². The van der Waals surface area contributed by atoms with Crippen molar-refractivity contribution in [2.45, 2.75) is 46.7 Å². The first-order valence-electron chi connectivity index (χ1n) is 8.20. The minimum atomic E-state index is 0.331. The molecule has 1 unspecified atom stereocenters. The van der Waals surface area contributed by atoms with Gasteiger partial charge in [-0.2, -0.15) is 0 Å². The topological polar surface area (TPSA) is 3.24 Å². The van der Waals surface area contributed by atoms with Gasteiger partial charge in [0.1, 0.15) is 0 Å². The van der Waals surface area contributed by atoms with E-state index < -0.39 is 0 Å². The predicted molar refractivity (Wildman–Crippen MR) is 98.1 cm³/mol. The summed E-state index contributed by atoms with van der Waals surface area (Å²) in [4.78, 5) is 2.47. The molecule has 0 fully saturated rings. The van der Waals surface area contributed by atoms with Crippen LogP contribution in [0.3, 0.4) is 0 Å². The Morgan fingerprint density at radius 3 is 2.41 bits per heavy atom. The van der Waals surface area contributed by atoms with E-state index in [-0.39, 0.29) is 0 Å². The van der Waals surface area contributed by atoms with Crippen molar-refractivity contribution in [2.75, 3.05) is 7.05 Å². The number of likely N-dealkylation sites (N-methyl/N-ethyl adjacent to an activating group) is 1. The molecule has 2 rings (SSSR count). The number of rotatable bonds is 5. The highest BCUT2D eigenvalue weighted by Gasteiger charge is 2.20. The van der Waals surface area contributed by atoms with Crippen molar-refractivity contribution in [2.24, 2.45) is 5.41 Å². The molecule has 0 N–H and O–H groups in total. The van der Waals surface area contributed by atoms with Crippen molar-refractivity contribution >= 4 is 10.8 Å². The normalized spacial score (nSPS) is 14.1. The molecule has 1 heteroatoms. The molecule has 1 nitrogen and oxygen atoms in total. The number of nitrogens with zero attached hydrogens (tertiary/aromatic N) is 1. The smallest absolute Gasteiger partial charge is 0.0283 e. The van der Waals surface area contributed by atoms with E-state index in [9.17, 15) is 0 Å². The number of hydrogen-bond acceptors (Lipinski definition) is 1. The fourth-order valence-electron chi connectivity index (χ4n) is 3.04. The van der Waals surface area contributed by atoms with Crippen LogP contribution in [0, 0.1) is 5.41 Å². The van der Waals surface area contributed by atoms with E-state index in [1.165, 1.54) is 22.8 Å². The molecule has 2 aromatic rings. The van der Waals surface area contributed by atoms with Gasteiger partial charge >= 0.3 is 0 Å². The monoisotopic (exact) mass is 295 g/mol. The SMILES string of the molecule is C/C=C/C(CC(C)(C)C)N(C)Cc1cccc2ccccc12. The van der Waals surface area contributed by atoms with Crippen LogP contribution in [0.4, 0.5) is 0 Å². The molecule has 0 amide bonds. The van der Waals surface area contributed by atoms with Gasteiger partial charge in [-0.1, -0.05) is 75.4 Å². The molecule has 0 aliphatic heterocycles. The van der Waals surface area contributed by atoms with Gasteiger partial charge in [-0.3, -0.25) is 4.90 Å². The first-order chi connectivity index (χ1) is 10.4. The van der Waals surface area contributed by atoms with Gasteiger partial charge in [-0.25, -0.2) is 0 Å². The second kappa shape index (κ2) is 7.11. The van der Waals surface area contributed by atoms with E-state index in [4.69, 9.17) is 0 Å². The van der Waals surface area contributed by atoms with E-state index in [0.29, 0.717) is 11.5 Å². The van der Waals surface area contributed by atoms with Gasteiger partial charge in [-0.05, 0) is 42.1 Å². The molecule has 2 aromatic carbocycles. The minimum absolute atomic E-state index is 0.331. The summed E-state index contributed by atoms with van der Waals surface area (Å²) in [7, 11) is 2.23. The maximum absolute atomic E-state index is 2.47.